The number of carbonyl (C=O) groups excluding carboxylic acids is 1. The molecule has 3 N–H and O–H groups in total. The number of piperidine rings is 1. The quantitative estimate of drug-likeness (QED) is 0.699. The second-order valence-electron chi connectivity index (χ2n) is 5.31. The predicted octanol–water partition coefficient (Wildman–Crippen LogP) is 1.53. The van der Waals surface area contributed by atoms with Gasteiger partial charge in [0.25, 0.3) is 0 Å². The molecule has 1 aliphatic heterocycles. The lowest BCUT2D eigenvalue weighted by atomic mass is 10.1. The highest BCUT2D eigenvalue weighted by molar-refractivity contribution is 7.89. The van der Waals surface area contributed by atoms with E-state index in [-0.39, 0.29) is 39.9 Å². The lowest BCUT2D eigenvalue weighted by molar-refractivity contribution is -0.121. The van der Waals surface area contributed by atoms with Gasteiger partial charge in [-0.1, -0.05) is 29.3 Å². The fourth-order valence-corrected chi connectivity index (χ4v) is 4.56. The van der Waals surface area contributed by atoms with Crippen LogP contribution in [0.15, 0.2) is 23.1 Å². The molecule has 1 saturated heterocycles. The van der Waals surface area contributed by atoms with Crippen molar-refractivity contribution in [3.8, 4) is 0 Å². The Morgan fingerprint density at radius 1 is 1.30 bits per heavy atom. The molecule has 128 valence electrons. The van der Waals surface area contributed by atoms with Crippen LogP contribution in [0.1, 0.15) is 19.3 Å². The summed E-state index contributed by atoms with van der Waals surface area (Å²) >= 11 is 11.8. The van der Waals surface area contributed by atoms with Gasteiger partial charge in [0.1, 0.15) is 4.90 Å². The van der Waals surface area contributed by atoms with Crippen LogP contribution in [0.5, 0.6) is 0 Å². The van der Waals surface area contributed by atoms with E-state index in [4.69, 9.17) is 23.2 Å². The minimum atomic E-state index is -3.86. The number of carbonyl (C=O) groups is 1. The van der Waals surface area contributed by atoms with Crippen molar-refractivity contribution in [2.75, 3.05) is 19.6 Å². The summed E-state index contributed by atoms with van der Waals surface area (Å²) < 4.78 is 26.8. The Morgan fingerprint density at radius 3 is 2.61 bits per heavy atom. The van der Waals surface area contributed by atoms with E-state index in [0.717, 1.165) is 25.9 Å². The van der Waals surface area contributed by atoms with Crippen LogP contribution in [0.3, 0.4) is 0 Å². The standard InChI is InChI=1S/C14H19Cl2N3O3S/c15-11-4-1-5-12(16)14(11)23(21,22)18-8-6-13(20)19-10-3-2-7-17-9-10/h1,4-5,10,17-18H,2-3,6-9H2,(H,19,20)/t10-/m0/s1. The van der Waals surface area contributed by atoms with Crippen molar-refractivity contribution in [1.29, 1.82) is 0 Å². The van der Waals surface area contributed by atoms with Gasteiger partial charge in [-0.25, -0.2) is 13.1 Å². The maximum Gasteiger partial charge on any atom is 0.243 e. The molecule has 1 aromatic rings. The maximum atomic E-state index is 12.2. The summed E-state index contributed by atoms with van der Waals surface area (Å²) in [5.41, 5.74) is 0. The predicted molar refractivity (Wildman–Crippen MR) is 90.3 cm³/mol. The average Bonchev–Trinajstić information content (AvgIpc) is 2.47. The monoisotopic (exact) mass is 379 g/mol. The minimum Gasteiger partial charge on any atom is -0.352 e. The fraction of sp³-hybridized carbons (Fsp3) is 0.500. The van der Waals surface area contributed by atoms with Gasteiger partial charge in [0.2, 0.25) is 15.9 Å². The SMILES string of the molecule is O=C(CCNS(=O)(=O)c1c(Cl)cccc1Cl)N[C@H]1CCCNC1. The molecule has 23 heavy (non-hydrogen) atoms. The van der Waals surface area contributed by atoms with Crippen LogP contribution in [-0.2, 0) is 14.8 Å². The molecule has 1 aromatic carbocycles. The van der Waals surface area contributed by atoms with E-state index >= 15 is 0 Å². The molecule has 9 heteroatoms. The van der Waals surface area contributed by atoms with Crippen LogP contribution >= 0.6 is 23.2 Å². The van der Waals surface area contributed by atoms with Gasteiger partial charge in [0.15, 0.2) is 0 Å². The molecular formula is C14H19Cl2N3O3S. The Kier molecular flexibility index (Phi) is 6.67. The molecule has 0 saturated carbocycles. The molecule has 0 unspecified atom stereocenters. The van der Waals surface area contributed by atoms with Crippen molar-refractivity contribution in [2.45, 2.75) is 30.2 Å². The van der Waals surface area contributed by atoms with Gasteiger partial charge in [-0.2, -0.15) is 0 Å². The molecule has 0 spiro atoms. The lowest BCUT2D eigenvalue weighted by Gasteiger charge is -2.23. The van der Waals surface area contributed by atoms with Crippen LogP contribution in [0.25, 0.3) is 0 Å². The number of amides is 1. The molecular weight excluding hydrogens is 361 g/mol. The number of rotatable bonds is 6. The summed E-state index contributed by atoms with van der Waals surface area (Å²) in [6, 6.07) is 4.57. The number of nitrogens with one attached hydrogen (secondary N) is 3. The van der Waals surface area contributed by atoms with E-state index in [1.165, 1.54) is 12.1 Å². The van der Waals surface area contributed by atoms with Crippen LogP contribution in [0.2, 0.25) is 10.0 Å². The Hall–Kier alpha value is -0.860. The van der Waals surface area contributed by atoms with Gasteiger partial charge < -0.3 is 10.6 Å². The molecule has 2 rings (SSSR count). The first-order chi connectivity index (χ1) is 10.9. The molecule has 6 nitrogen and oxygen atoms in total. The number of sulfonamides is 1. The zero-order chi connectivity index (χ0) is 16.9. The first-order valence-electron chi connectivity index (χ1n) is 7.34. The fourth-order valence-electron chi connectivity index (χ4n) is 2.39. The third kappa shape index (κ3) is 5.32. The summed E-state index contributed by atoms with van der Waals surface area (Å²) in [6.45, 7) is 1.69. The smallest absolute Gasteiger partial charge is 0.243 e. The molecule has 0 aliphatic carbocycles. The van der Waals surface area contributed by atoms with Gasteiger partial charge in [0.05, 0.1) is 10.0 Å². The third-order valence-electron chi connectivity index (χ3n) is 3.49. The van der Waals surface area contributed by atoms with Crippen molar-refractivity contribution in [3.05, 3.63) is 28.2 Å². The van der Waals surface area contributed by atoms with Gasteiger partial charge in [-0.15, -0.1) is 0 Å². The first-order valence-corrected chi connectivity index (χ1v) is 9.58. The van der Waals surface area contributed by atoms with Gasteiger partial charge in [0, 0.05) is 25.6 Å². The minimum absolute atomic E-state index is 0.0180. The highest BCUT2D eigenvalue weighted by atomic mass is 35.5. The Labute approximate surface area is 146 Å². The van der Waals surface area contributed by atoms with Gasteiger partial charge in [-0.3, -0.25) is 4.79 Å². The van der Waals surface area contributed by atoms with E-state index in [2.05, 4.69) is 15.4 Å². The zero-order valence-electron chi connectivity index (χ0n) is 12.4. The number of hydrogen-bond donors (Lipinski definition) is 3. The highest BCUT2D eigenvalue weighted by Gasteiger charge is 2.21. The second kappa shape index (κ2) is 8.30. The summed E-state index contributed by atoms with van der Waals surface area (Å²) in [6.07, 6.45) is 2.00. The van der Waals surface area contributed by atoms with Crippen molar-refractivity contribution in [3.63, 3.8) is 0 Å². The Bertz CT molecular complexity index is 641. The summed E-state index contributed by atoms with van der Waals surface area (Å²) in [5, 5.41) is 6.17. The molecule has 0 radical (unpaired) electrons. The van der Waals surface area contributed by atoms with E-state index < -0.39 is 10.0 Å². The summed E-state index contributed by atoms with van der Waals surface area (Å²) in [5.74, 6) is -0.188. The van der Waals surface area contributed by atoms with E-state index in [0.29, 0.717) is 0 Å². The normalized spacial score (nSPS) is 18.6. The topological polar surface area (TPSA) is 87.3 Å². The van der Waals surface area contributed by atoms with Crippen molar-refractivity contribution < 1.29 is 13.2 Å². The molecule has 1 atom stereocenters. The maximum absolute atomic E-state index is 12.2. The molecule has 1 amide bonds. The van der Waals surface area contributed by atoms with Crippen molar-refractivity contribution >= 4 is 39.1 Å². The van der Waals surface area contributed by atoms with E-state index in [1.807, 2.05) is 0 Å². The largest absolute Gasteiger partial charge is 0.352 e. The van der Waals surface area contributed by atoms with Crippen LogP contribution in [0, 0.1) is 0 Å². The lowest BCUT2D eigenvalue weighted by Crippen LogP contribution is -2.46. The van der Waals surface area contributed by atoms with E-state index in [9.17, 15) is 13.2 Å². The van der Waals surface area contributed by atoms with Crippen molar-refractivity contribution in [2.24, 2.45) is 0 Å². The third-order valence-corrected chi connectivity index (χ3v) is 5.91. The van der Waals surface area contributed by atoms with Crippen LogP contribution < -0.4 is 15.4 Å². The molecule has 0 bridgehead atoms. The van der Waals surface area contributed by atoms with Gasteiger partial charge >= 0.3 is 0 Å². The zero-order valence-corrected chi connectivity index (χ0v) is 14.8. The summed E-state index contributed by atoms with van der Waals surface area (Å²) in [7, 11) is -3.86. The molecule has 1 fully saturated rings. The first kappa shape index (κ1) is 18.5. The molecule has 0 aromatic heterocycles. The molecule has 1 heterocycles. The Morgan fingerprint density at radius 2 is 2.00 bits per heavy atom. The number of hydrogen-bond acceptors (Lipinski definition) is 4. The van der Waals surface area contributed by atoms with Gasteiger partial charge in [-0.05, 0) is 31.5 Å². The van der Waals surface area contributed by atoms with Crippen LogP contribution in [-0.4, -0.2) is 40.0 Å². The van der Waals surface area contributed by atoms with E-state index in [1.54, 1.807) is 6.07 Å². The molecule has 1 aliphatic rings. The summed E-state index contributed by atoms with van der Waals surface area (Å²) in [4.78, 5) is 11.7. The average molecular weight is 380 g/mol. The van der Waals surface area contributed by atoms with Crippen LogP contribution in [0.4, 0.5) is 0 Å². The van der Waals surface area contributed by atoms with Crippen molar-refractivity contribution in [1.82, 2.24) is 15.4 Å². The number of benzene rings is 1. The Balaban J connectivity index is 1.86. The highest BCUT2D eigenvalue weighted by Crippen LogP contribution is 2.28. The number of halogens is 2. The second-order valence-corrected chi connectivity index (χ2v) is 7.83.